The first-order valence-electron chi connectivity index (χ1n) is 7.54. The number of ether oxygens (including phenoxy) is 1. The molecule has 0 aromatic heterocycles. The molecule has 2 rings (SSSR count). The minimum atomic E-state index is -0.405. The zero-order valence-corrected chi connectivity index (χ0v) is 12.8. The zero-order chi connectivity index (χ0) is 14.1. The van der Waals surface area contributed by atoms with Gasteiger partial charge in [0.2, 0.25) is 0 Å². The van der Waals surface area contributed by atoms with E-state index in [1.165, 1.54) is 19.3 Å². The van der Waals surface area contributed by atoms with Crippen molar-refractivity contribution in [3.05, 3.63) is 0 Å². The molecule has 1 saturated heterocycles. The molecule has 4 heteroatoms. The standard InChI is InChI=1S/C15H28N2O2/c1-14(2,3)19-13(18)17-10-5-7-12(17)11-16-15(4)8-6-9-15/h12,16H,5-11H2,1-4H3. The molecule has 1 aliphatic heterocycles. The Morgan fingerprint density at radius 2 is 2.05 bits per heavy atom. The molecule has 0 bridgehead atoms. The molecule has 0 aromatic carbocycles. The number of nitrogens with one attached hydrogen (secondary N) is 1. The molecule has 0 radical (unpaired) electrons. The van der Waals surface area contributed by atoms with E-state index >= 15 is 0 Å². The quantitative estimate of drug-likeness (QED) is 0.855. The van der Waals surface area contributed by atoms with Gasteiger partial charge in [-0.15, -0.1) is 0 Å². The van der Waals surface area contributed by atoms with Crippen LogP contribution in [0.25, 0.3) is 0 Å². The number of carbonyl (C=O) groups excluding carboxylic acids is 1. The first-order chi connectivity index (χ1) is 8.79. The van der Waals surface area contributed by atoms with Crippen molar-refractivity contribution < 1.29 is 9.53 Å². The number of carbonyl (C=O) groups is 1. The lowest BCUT2D eigenvalue weighted by molar-refractivity contribution is 0.0215. The fraction of sp³-hybridized carbons (Fsp3) is 0.933. The van der Waals surface area contributed by atoms with E-state index in [1.807, 2.05) is 25.7 Å². The summed E-state index contributed by atoms with van der Waals surface area (Å²) in [5.41, 5.74) is -0.0974. The van der Waals surface area contributed by atoms with E-state index in [1.54, 1.807) is 0 Å². The Morgan fingerprint density at radius 3 is 2.58 bits per heavy atom. The number of hydrogen-bond donors (Lipinski definition) is 1. The van der Waals surface area contributed by atoms with Gasteiger partial charge in [-0.1, -0.05) is 0 Å². The summed E-state index contributed by atoms with van der Waals surface area (Å²) in [7, 11) is 0. The van der Waals surface area contributed by atoms with Crippen LogP contribution in [0.1, 0.15) is 59.8 Å². The summed E-state index contributed by atoms with van der Waals surface area (Å²) in [6, 6.07) is 0.298. The van der Waals surface area contributed by atoms with E-state index in [-0.39, 0.29) is 6.09 Å². The van der Waals surface area contributed by atoms with Gasteiger partial charge in [0.15, 0.2) is 0 Å². The third kappa shape index (κ3) is 3.85. The van der Waals surface area contributed by atoms with Crippen molar-refractivity contribution in [3.63, 3.8) is 0 Å². The van der Waals surface area contributed by atoms with E-state index in [0.717, 1.165) is 25.9 Å². The van der Waals surface area contributed by atoms with Gasteiger partial charge in [-0.25, -0.2) is 4.79 Å². The summed E-state index contributed by atoms with van der Waals surface area (Å²) in [6.07, 6.45) is 5.85. The summed E-state index contributed by atoms with van der Waals surface area (Å²) in [6.45, 7) is 9.77. The van der Waals surface area contributed by atoms with Crippen molar-refractivity contribution >= 4 is 6.09 Å². The van der Waals surface area contributed by atoms with Crippen molar-refractivity contribution in [1.82, 2.24) is 10.2 Å². The maximum Gasteiger partial charge on any atom is 0.410 e. The average molecular weight is 268 g/mol. The Labute approximate surface area is 116 Å². The zero-order valence-electron chi connectivity index (χ0n) is 12.8. The summed E-state index contributed by atoms with van der Waals surface area (Å²) >= 11 is 0. The molecule has 1 aliphatic carbocycles. The number of amides is 1. The highest BCUT2D eigenvalue weighted by Gasteiger charge is 2.36. The van der Waals surface area contributed by atoms with Crippen molar-refractivity contribution in [3.8, 4) is 0 Å². The van der Waals surface area contributed by atoms with E-state index in [0.29, 0.717) is 11.6 Å². The normalized spacial score (nSPS) is 26.1. The molecule has 19 heavy (non-hydrogen) atoms. The maximum atomic E-state index is 12.2. The average Bonchev–Trinajstić information content (AvgIpc) is 2.69. The van der Waals surface area contributed by atoms with Gasteiger partial charge < -0.3 is 15.0 Å². The van der Waals surface area contributed by atoms with Crippen LogP contribution in [0.5, 0.6) is 0 Å². The van der Waals surface area contributed by atoms with Gasteiger partial charge in [0.1, 0.15) is 5.60 Å². The SMILES string of the molecule is CC1(NCC2CCCN2C(=O)OC(C)(C)C)CCC1. The third-order valence-corrected chi connectivity index (χ3v) is 4.23. The van der Waals surface area contributed by atoms with Gasteiger partial charge >= 0.3 is 6.09 Å². The van der Waals surface area contributed by atoms with Crippen molar-refractivity contribution in [2.24, 2.45) is 0 Å². The number of likely N-dealkylation sites (tertiary alicyclic amines) is 1. The van der Waals surface area contributed by atoms with Crippen LogP contribution < -0.4 is 5.32 Å². The van der Waals surface area contributed by atoms with Crippen LogP contribution in [0.15, 0.2) is 0 Å². The van der Waals surface area contributed by atoms with Gasteiger partial charge in [-0.05, 0) is 59.8 Å². The highest BCUT2D eigenvalue weighted by Crippen LogP contribution is 2.31. The monoisotopic (exact) mass is 268 g/mol. The second-order valence-corrected chi connectivity index (χ2v) is 7.26. The molecule has 1 saturated carbocycles. The second-order valence-electron chi connectivity index (χ2n) is 7.26. The van der Waals surface area contributed by atoms with Crippen LogP contribution in [0, 0.1) is 0 Å². The Balaban J connectivity index is 1.84. The predicted octanol–water partition coefficient (Wildman–Crippen LogP) is 2.92. The molecular formula is C15H28N2O2. The molecule has 2 fully saturated rings. The predicted molar refractivity (Wildman–Crippen MR) is 76.2 cm³/mol. The Hall–Kier alpha value is -0.770. The molecule has 110 valence electrons. The topological polar surface area (TPSA) is 41.6 Å². The molecular weight excluding hydrogens is 240 g/mol. The first-order valence-corrected chi connectivity index (χ1v) is 7.54. The molecule has 1 amide bonds. The van der Waals surface area contributed by atoms with E-state index < -0.39 is 5.60 Å². The molecule has 0 aromatic rings. The van der Waals surface area contributed by atoms with Gasteiger partial charge in [-0.2, -0.15) is 0 Å². The van der Waals surface area contributed by atoms with Crippen LogP contribution in [0.2, 0.25) is 0 Å². The van der Waals surface area contributed by atoms with E-state index in [9.17, 15) is 4.79 Å². The lowest BCUT2D eigenvalue weighted by Crippen LogP contribution is -2.53. The molecule has 1 heterocycles. The maximum absolute atomic E-state index is 12.2. The van der Waals surface area contributed by atoms with Gasteiger partial charge in [0, 0.05) is 24.7 Å². The van der Waals surface area contributed by atoms with E-state index in [4.69, 9.17) is 4.74 Å². The molecule has 1 atom stereocenters. The summed E-state index contributed by atoms with van der Waals surface area (Å²) in [5.74, 6) is 0. The largest absolute Gasteiger partial charge is 0.444 e. The highest BCUT2D eigenvalue weighted by molar-refractivity contribution is 5.69. The lowest BCUT2D eigenvalue weighted by atomic mass is 9.78. The minimum Gasteiger partial charge on any atom is -0.444 e. The minimum absolute atomic E-state index is 0.157. The molecule has 2 aliphatic rings. The fourth-order valence-electron chi connectivity index (χ4n) is 2.86. The molecule has 0 spiro atoms. The number of rotatable bonds is 3. The van der Waals surface area contributed by atoms with Gasteiger partial charge in [-0.3, -0.25) is 0 Å². The summed E-state index contributed by atoms with van der Waals surface area (Å²) in [5, 5.41) is 3.64. The number of hydrogen-bond acceptors (Lipinski definition) is 3. The lowest BCUT2D eigenvalue weighted by Gasteiger charge is -2.41. The van der Waals surface area contributed by atoms with E-state index in [2.05, 4.69) is 12.2 Å². The Kier molecular flexibility index (Phi) is 4.09. The van der Waals surface area contributed by atoms with Crippen molar-refractivity contribution in [2.75, 3.05) is 13.1 Å². The fourth-order valence-corrected chi connectivity index (χ4v) is 2.86. The Morgan fingerprint density at radius 1 is 1.37 bits per heavy atom. The van der Waals surface area contributed by atoms with Gasteiger partial charge in [0.25, 0.3) is 0 Å². The first kappa shape index (κ1) is 14.6. The molecule has 1 N–H and O–H groups in total. The van der Waals surface area contributed by atoms with Crippen LogP contribution in [0.3, 0.4) is 0 Å². The van der Waals surface area contributed by atoms with Crippen LogP contribution in [0.4, 0.5) is 4.79 Å². The van der Waals surface area contributed by atoms with Gasteiger partial charge in [0.05, 0.1) is 0 Å². The van der Waals surface area contributed by atoms with Crippen molar-refractivity contribution in [2.45, 2.75) is 77.0 Å². The van der Waals surface area contributed by atoms with Crippen LogP contribution in [-0.4, -0.2) is 41.3 Å². The Bertz CT molecular complexity index is 332. The summed E-state index contributed by atoms with van der Waals surface area (Å²) < 4.78 is 5.48. The van der Waals surface area contributed by atoms with Crippen LogP contribution >= 0.6 is 0 Å². The second kappa shape index (κ2) is 5.31. The summed E-state index contributed by atoms with van der Waals surface area (Å²) in [4.78, 5) is 14.1. The third-order valence-electron chi connectivity index (χ3n) is 4.23. The van der Waals surface area contributed by atoms with Crippen LogP contribution in [-0.2, 0) is 4.74 Å². The highest BCUT2D eigenvalue weighted by atomic mass is 16.6. The number of nitrogens with zero attached hydrogens (tertiary/aromatic N) is 1. The smallest absolute Gasteiger partial charge is 0.410 e. The molecule has 4 nitrogen and oxygen atoms in total. The van der Waals surface area contributed by atoms with Crippen molar-refractivity contribution in [1.29, 1.82) is 0 Å². The molecule has 1 unspecified atom stereocenters.